The fraction of sp³-hybridized carbons (Fsp3) is 0.692. The maximum Gasteiger partial charge on any atom is 0.389 e. The topological polar surface area (TPSA) is 12.0 Å². The number of halogens is 3. The van der Waals surface area contributed by atoms with E-state index in [1.165, 1.54) is 0 Å². The van der Waals surface area contributed by atoms with Gasteiger partial charge >= 0.3 is 6.18 Å². The van der Waals surface area contributed by atoms with Crippen LogP contribution in [0, 0.1) is 13.8 Å². The van der Waals surface area contributed by atoms with Gasteiger partial charge in [0.15, 0.2) is 0 Å². The van der Waals surface area contributed by atoms with Gasteiger partial charge in [-0.05, 0) is 44.9 Å². The molecule has 0 saturated heterocycles. The number of aryl methyl sites for hydroxylation is 2. The molecule has 1 N–H and O–H groups in total. The summed E-state index contributed by atoms with van der Waals surface area (Å²) >= 11 is 1.59. The number of thiophene rings is 1. The van der Waals surface area contributed by atoms with E-state index >= 15 is 0 Å². The molecule has 0 bridgehead atoms. The van der Waals surface area contributed by atoms with Crippen molar-refractivity contribution in [2.45, 2.75) is 52.3 Å². The van der Waals surface area contributed by atoms with Crippen molar-refractivity contribution in [2.24, 2.45) is 0 Å². The van der Waals surface area contributed by atoms with Crippen LogP contribution in [0.25, 0.3) is 0 Å². The monoisotopic (exact) mass is 279 g/mol. The summed E-state index contributed by atoms with van der Waals surface area (Å²) in [6, 6.07) is 1.86. The zero-order valence-electron chi connectivity index (χ0n) is 11.0. The van der Waals surface area contributed by atoms with Crippen LogP contribution >= 0.6 is 11.3 Å². The summed E-state index contributed by atoms with van der Waals surface area (Å²) in [6.45, 7) is 6.72. The molecule has 0 aliphatic rings. The van der Waals surface area contributed by atoms with Crippen LogP contribution in [-0.2, 0) is 0 Å². The zero-order valence-corrected chi connectivity index (χ0v) is 11.8. The van der Waals surface area contributed by atoms with Gasteiger partial charge in [-0.15, -0.1) is 11.3 Å². The van der Waals surface area contributed by atoms with E-state index in [9.17, 15) is 13.2 Å². The highest BCUT2D eigenvalue weighted by Crippen LogP contribution is 2.33. The zero-order chi connectivity index (χ0) is 13.8. The third-order valence-electron chi connectivity index (χ3n) is 2.75. The SMILES string of the molecule is CCCNC(CCC(F)(F)F)c1sc(C)cc1C. The van der Waals surface area contributed by atoms with Crippen molar-refractivity contribution in [3.63, 3.8) is 0 Å². The first kappa shape index (κ1) is 15.5. The molecule has 0 aliphatic heterocycles. The molecule has 0 aromatic carbocycles. The van der Waals surface area contributed by atoms with Crippen molar-refractivity contribution in [2.75, 3.05) is 6.54 Å². The minimum Gasteiger partial charge on any atom is -0.309 e. The predicted octanol–water partition coefficient (Wildman–Crippen LogP) is 4.75. The van der Waals surface area contributed by atoms with Crippen molar-refractivity contribution in [1.82, 2.24) is 5.32 Å². The van der Waals surface area contributed by atoms with Crippen molar-refractivity contribution < 1.29 is 13.2 Å². The van der Waals surface area contributed by atoms with Crippen molar-refractivity contribution in [3.05, 3.63) is 21.4 Å². The average Bonchev–Trinajstić information content (AvgIpc) is 2.57. The summed E-state index contributed by atoms with van der Waals surface area (Å²) in [5, 5.41) is 3.22. The number of hydrogen-bond acceptors (Lipinski definition) is 2. The molecule has 1 aromatic heterocycles. The molecule has 1 nitrogen and oxygen atoms in total. The summed E-state index contributed by atoms with van der Waals surface area (Å²) in [7, 11) is 0. The highest BCUT2D eigenvalue weighted by Gasteiger charge is 2.29. The lowest BCUT2D eigenvalue weighted by Crippen LogP contribution is -2.23. The van der Waals surface area contributed by atoms with Crippen LogP contribution in [0.3, 0.4) is 0 Å². The maximum absolute atomic E-state index is 12.3. The first-order valence-corrected chi connectivity index (χ1v) is 7.02. The second kappa shape index (κ2) is 6.57. The van der Waals surface area contributed by atoms with Gasteiger partial charge in [0.2, 0.25) is 0 Å². The van der Waals surface area contributed by atoms with Gasteiger partial charge in [0.1, 0.15) is 0 Å². The molecule has 0 amide bonds. The normalized spacial score (nSPS) is 13.9. The maximum atomic E-state index is 12.3. The van der Waals surface area contributed by atoms with Crippen LogP contribution in [-0.4, -0.2) is 12.7 Å². The highest BCUT2D eigenvalue weighted by molar-refractivity contribution is 7.12. The van der Waals surface area contributed by atoms with Gasteiger partial charge in [-0.3, -0.25) is 0 Å². The quantitative estimate of drug-likeness (QED) is 0.792. The van der Waals surface area contributed by atoms with Gasteiger partial charge in [-0.2, -0.15) is 13.2 Å². The first-order chi connectivity index (χ1) is 8.33. The van der Waals surface area contributed by atoms with Gasteiger partial charge < -0.3 is 5.32 Å². The van der Waals surface area contributed by atoms with E-state index in [2.05, 4.69) is 5.32 Å². The molecule has 0 fully saturated rings. The Labute approximate surface area is 110 Å². The molecule has 104 valence electrons. The molecular weight excluding hydrogens is 259 g/mol. The minimum atomic E-state index is -4.08. The van der Waals surface area contributed by atoms with E-state index in [0.717, 1.165) is 28.3 Å². The standard InChI is InChI=1S/C13H20F3NS/c1-4-7-17-11(5-6-13(14,15)16)12-9(2)8-10(3)18-12/h8,11,17H,4-7H2,1-3H3. The lowest BCUT2D eigenvalue weighted by Gasteiger charge is -2.19. The summed E-state index contributed by atoms with van der Waals surface area (Å²) in [6.07, 6.45) is -3.77. The van der Waals surface area contributed by atoms with E-state index in [1.54, 1.807) is 11.3 Å². The Hall–Kier alpha value is -0.550. The second-order valence-electron chi connectivity index (χ2n) is 4.56. The lowest BCUT2D eigenvalue weighted by atomic mass is 10.1. The van der Waals surface area contributed by atoms with Crippen molar-refractivity contribution in [3.8, 4) is 0 Å². The molecule has 1 heterocycles. The van der Waals surface area contributed by atoms with Gasteiger partial charge in [0.05, 0.1) is 0 Å². The Morgan fingerprint density at radius 1 is 1.33 bits per heavy atom. The largest absolute Gasteiger partial charge is 0.389 e. The molecule has 0 spiro atoms. The van der Waals surface area contributed by atoms with E-state index in [1.807, 2.05) is 26.8 Å². The summed E-state index contributed by atoms with van der Waals surface area (Å²) < 4.78 is 37.0. The Kier molecular flexibility index (Phi) is 5.66. The number of nitrogens with one attached hydrogen (secondary N) is 1. The van der Waals surface area contributed by atoms with Crippen LogP contribution < -0.4 is 5.32 Å². The first-order valence-electron chi connectivity index (χ1n) is 6.20. The third-order valence-corrected chi connectivity index (χ3v) is 4.02. The van der Waals surface area contributed by atoms with Crippen LogP contribution in [0.1, 0.15) is 47.5 Å². The Balaban J connectivity index is 2.74. The van der Waals surface area contributed by atoms with E-state index in [-0.39, 0.29) is 12.5 Å². The highest BCUT2D eigenvalue weighted by atomic mass is 32.1. The van der Waals surface area contributed by atoms with Gasteiger partial charge in [0.25, 0.3) is 0 Å². The Bertz CT molecular complexity index is 371. The molecule has 1 unspecified atom stereocenters. The van der Waals surface area contributed by atoms with Crippen molar-refractivity contribution in [1.29, 1.82) is 0 Å². The Morgan fingerprint density at radius 2 is 2.00 bits per heavy atom. The molecule has 5 heteroatoms. The minimum absolute atomic E-state index is 0.115. The predicted molar refractivity (Wildman–Crippen MR) is 70.1 cm³/mol. The number of hydrogen-bond donors (Lipinski definition) is 1. The molecule has 0 saturated carbocycles. The molecule has 0 radical (unpaired) electrons. The molecular formula is C13H20F3NS. The number of rotatable bonds is 6. The van der Waals surface area contributed by atoms with Gasteiger partial charge in [-0.25, -0.2) is 0 Å². The van der Waals surface area contributed by atoms with E-state index in [0.29, 0.717) is 0 Å². The molecule has 0 aliphatic carbocycles. The Morgan fingerprint density at radius 3 is 2.44 bits per heavy atom. The number of alkyl halides is 3. The van der Waals surface area contributed by atoms with Crippen LogP contribution in [0.5, 0.6) is 0 Å². The van der Waals surface area contributed by atoms with E-state index in [4.69, 9.17) is 0 Å². The van der Waals surface area contributed by atoms with E-state index < -0.39 is 12.6 Å². The smallest absolute Gasteiger partial charge is 0.309 e. The second-order valence-corrected chi connectivity index (χ2v) is 5.85. The summed E-state index contributed by atoms with van der Waals surface area (Å²) in [4.78, 5) is 2.20. The molecule has 18 heavy (non-hydrogen) atoms. The van der Waals surface area contributed by atoms with Gasteiger partial charge in [0, 0.05) is 22.2 Å². The summed E-state index contributed by atoms with van der Waals surface area (Å²) in [5.41, 5.74) is 1.09. The lowest BCUT2D eigenvalue weighted by molar-refractivity contribution is -0.136. The fourth-order valence-electron chi connectivity index (χ4n) is 1.96. The molecule has 1 aromatic rings. The molecule has 1 atom stereocenters. The molecule has 1 rings (SSSR count). The van der Waals surface area contributed by atoms with Crippen molar-refractivity contribution >= 4 is 11.3 Å². The summed E-state index contributed by atoms with van der Waals surface area (Å²) in [5.74, 6) is 0. The average molecular weight is 279 g/mol. The van der Waals surface area contributed by atoms with Crippen LogP contribution in [0.4, 0.5) is 13.2 Å². The van der Waals surface area contributed by atoms with Crippen LogP contribution in [0.15, 0.2) is 6.07 Å². The fourth-order valence-corrected chi connectivity index (χ4v) is 3.10. The third kappa shape index (κ3) is 4.98. The van der Waals surface area contributed by atoms with Crippen LogP contribution in [0.2, 0.25) is 0 Å². The van der Waals surface area contributed by atoms with Gasteiger partial charge in [-0.1, -0.05) is 6.92 Å².